The van der Waals surface area contributed by atoms with E-state index in [2.05, 4.69) is 5.32 Å². The molecule has 1 aliphatic heterocycles. The summed E-state index contributed by atoms with van der Waals surface area (Å²) in [6.07, 6.45) is 1.31. The molecule has 25 heavy (non-hydrogen) atoms. The first-order valence-corrected chi connectivity index (χ1v) is 8.47. The molecule has 3 rings (SSSR count). The molecular formula is C17H13IN2O5. The first-order chi connectivity index (χ1) is 12.0. The number of barbiturate groups is 1. The number of ether oxygens (including phenoxy) is 1. The molecule has 1 saturated heterocycles. The van der Waals surface area contributed by atoms with Gasteiger partial charge in [0, 0.05) is 0 Å². The standard InChI is InChI=1S/C17H13IN2O5/c1-2-24-11-5-3-10(4-6-11)20-16(22)13(15(21)19-17(20)23)9-12-7-8-14(18)25-12/h3-9H,2H2,1H3,(H,19,21,23). The van der Waals surface area contributed by atoms with E-state index in [-0.39, 0.29) is 5.57 Å². The number of rotatable bonds is 4. The molecule has 1 N–H and O–H groups in total. The fraction of sp³-hybridized carbons (Fsp3) is 0.118. The van der Waals surface area contributed by atoms with Crippen LogP contribution in [0.25, 0.3) is 6.08 Å². The molecule has 0 radical (unpaired) electrons. The van der Waals surface area contributed by atoms with Crippen LogP contribution >= 0.6 is 22.6 Å². The number of nitrogens with zero attached hydrogens (tertiary/aromatic N) is 1. The Morgan fingerprint density at radius 1 is 1.16 bits per heavy atom. The van der Waals surface area contributed by atoms with Gasteiger partial charge < -0.3 is 9.15 Å². The van der Waals surface area contributed by atoms with Crippen LogP contribution in [0.4, 0.5) is 10.5 Å². The number of furan rings is 1. The topological polar surface area (TPSA) is 88.8 Å². The summed E-state index contributed by atoms with van der Waals surface area (Å²) in [4.78, 5) is 37.7. The summed E-state index contributed by atoms with van der Waals surface area (Å²) in [7, 11) is 0. The van der Waals surface area contributed by atoms with Crippen molar-refractivity contribution in [1.29, 1.82) is 0 Å². The molecule has 1 fully saturated rings. The van der Waals surface area contributed by atoms with Crippen molar-refractivity contribution in [2.45, 2.75) is 6.92 Å². The van der Waals surface area contributed by atoms with Gasteiger partial charge in [-0.2, -0.15) is 0 Å². The number of nitrogens with one attached hydrogen (secondary N) is 1. The first-order valence-electron chi connectivity index (χ1n) is 7.39. The van der Waals surface area contributed by atoms with Gasteiger partial charge in [-0.05, 0) is 72.0 Å². The van der Waals surface area contributed by atoms with Gasteiger partial charge in [-0.25, -0.2) is 9.69 Å². The van der Waals surface area contributed by atoms with Gasteiger partial charge in [0.1, 0.15) is 17.1 Å². The molecule has 7 nitrogen and oxygen atoms in total. The van der Waals surface area contributed by atoms with E-state index in [4.69, 9.17) is 9.15 Å². The molecule has 2 aromatic rings. The molecule has 0 atom stereocenters. The van der Waals surface area contributed by atoms with Crippen molar-refractivity contribution in [1.82, 2.24) is 5.32 Å². The van der Waals surface area contributed by atoms with E-state index in [1.54, 1.807) is 36.4 Å². The number of carbonyl (C=O) groups is 3. The van der Waals surface area contributed by atoms with Crippen molar-refractivity contribution in [2.24, 2.45) is 0 Å². The zero-order valence-corrected chi connectivity index (χ0v) is 15.3. The van der Waals surface area contributed by atoms with Gasteiger partial charge in [0.05, 0.1) is 12.3 Å². The molecule has 0 spiro atoms. The molecule has 0 unspecified atom stereocenters. The molecule has 2 heterocycles. The van der Waals surface area contributed by atoms with Crippen LogP contribution in [0.2, 0.25) is 0 Å². The molecule has 8 heteroatoms. The van der Waals surface area contributed by atoms with Gasteiger partial charge in [-0.15, -0.1) is 0 Å². The van der Waals surface area contributed by atoms with Gasteiger partial charge in [0.2, 0.25) is 0 Å². The second-order valence-corrected chi connectivity index (χ2v) is 6.09. The summed E-state index contributed by atoms with van der Waals surface area (Å²) in [5.74, 6) is -0.509. The van der Waals surface area contributed by atoms with Crippen molar-refractivity contribution >= 4 is 52.2 Å². The molecular weight excluding hydrogens is 439 g/mol. The van der Waals surface area contributed by atoms with Crippen LogP contribution in [0.5, 0.6) is 5.75 Å². The molecule has 0 bridgehead atoms. The fourth-order valence-electron chi connectivity index (χ4n) is 2.30. The number of halogens is 1. The third kappa shape index (κ3) is 3.58. The number of urea groups is 1. The van der Waals surface area contributed by atoms with E-state index in [0.717, 1.165) is 4.90 Å². The van der Waals surface area contributed by atoms with Crippen molar-refractivity contribution in [2.75, 3.05) is 11.5 Å². The number of amides is 4. The number of anilines is 1. The third-order valence-electron chi connectivity index (χ3n) is 3.39. The zero-order chi connectivity index (χ0) is 18.0. The number of hydrogen-bond donors (Lipinski definition) is 1. The minimum atomic E-state index is -0.801. The van der Waals surface area contributed by atoms with Crippen LogP contribution in [-0.4, -0.2) is 24.5 Å². The van der Waals surface area contributed by atoms with Crippen LogP contribution in [0.3, 0.4) is 0 Å². The molecule has 1 aromatic heterocycles. The Labute approximate surface area is 156 Å². The summed E-state index contributed by atoms with van der Waals surface area (Å²) >= 11 is 1.97. The monoisotopic (exact) mass is 452 g/mol. The maximum atomic E-state index is 12.7. The lowest BCUT2D eigenvalue weighted by atomic mass is 10.1. The predicted octanol–water partition coefficient (Wildman–Crippen LogP) is 2.95. The van der Waals surface area contributed by atoms with E-state index in [9.17, 15) is 14.4 Å². The van der Waals surface area contributed by atoms with Crippen molar-refractivity contribution in [3.8, 4) is 5.75 Å². The maximum Gasteiger partial charge on any atom is 0.335 e. The summed E-state index contributed by atoms with van der Waals surface area (Å²) in [6.45, 7) is 2.36. The van der Waals surface area contributed by atoms with E-state index < -0.39 is 17.8 Å². The van der Waals surface area contributed by atoms with Crippen LogP contribution in [-0.2, 0) is 9.59 Å². The SMILES string of the molecule is CCOc1ccc(N2C(=O)NC(=O)C(=Cc3ccc(I)o3)C2=O)cc1. The Balaban J connectivity index is 1.93. The van der Waals surface area contributed by atoms with E-state index in [1.165, 1.54) is 6.08 Å². The minimum Gasteiger partial charge on any atom is -0.494 e. The highest BCUT2D eigenvalue weighted by Gasteiger charge is 2.37. The Bertz CT molecular complexity index is 869. The second kappa shape index (κ2) is 7.09. The summed E-state index contributed by atoms with van der Waals surface area (Å²) in [5.41, 5.74) is 0.151. The average molecular weight is 452 g/mol. The zero-order valence-electron chi connectivity index (χ0n) is 13.1. The smallest absolute Gasteiger partial charge is 0.335 e. The van der Waals surface area contributed by atoms with Crippen LogP contribution in [0, 0.1) is 3.77 Å². The van der Waals surface area contributed by atoms with Gasteiger partial charge in [-0.1, -0.05) is 0 Å². The summed E-state index contributed by atoms with van der Waals surface area (Å²) < 4.78 is 11.3. The molecule has 0 aliphatic carbocycles. The number of hydrogen-bond acceptors (Lipinski definition) is 5. The Morgan fingerprint density at radius 2 is 1.88 bits per heavy atom. The van der Waals surface area contributed by atoms with Crippen LogP contribution < -0.4 is 15.0 Å². The number of imide groups is 2. The van der Waals surface area contributed by atoms with Gasteiger partial charge in [-0.3, -0.25) is 14.9 Å². The largest absolute Gasteiger partial charge is 0.494 e. The fourth-order valence-corrected chi connectivity index (χ4v) is 2.73. The first kappa shape index (κ1) is 17.2. The Morgan fingerprint density at radius 3 is 2.48 bits per heavy atom. The van der Waals surface area contributed by atoms with E-state index >= 15 is 0 Å². The van der Waals surface area contributed by atoms with Crippen LogP contribution in [0.15, 0.2) is 46.4 Å². The Kier molecular flexibility index (Phi) is 4.88. The highest BCUT2D eigenvalue weighted by molar-refractivity contribution is 14.1. The van der Waals surface area contributed by atoms with Crippen molar-refractivity contribution in [3.05, 3.63) is 51.5 Å². The van der Waals surface area contributed by atoms with E-state index in [1.807, 2.05) is 29.5 Å². The normalized spacial score (nSPS) is 16.3. The predicted molar refractivity (Wildman–Crippen MR) is 98.0 cm³/mol. The summed E-state index contributed by atoms with van der Waals surface area (Å²) in [6, 6.07) is 8.98. The minimum absolute atomic E-state index is 0.181. The van der Waals surface area contributed by atoms with Crippen molar-refractivity contribution in [3.63, 3.8) is 0 Å². The van der Waals surface area contributed by atoms with Gasteiger partial charge >= 0.3 is 6.03 Å². The summed E-state index contributed by atoms with van der Waals surface area (Å²) in [5, 5.41) is 2.16. The second-order valence-electron chi connectivity index (χ2n) is 5.03. The van der Waals surface area contributed by atoms with E-state index in [0.29, 0.717) is 27.6 Å². The highest BCUT2D eigenvalue weighted by Crippen LogP contribution is 2.24. The number of benzene rings is 1. The highest BCUT2D eigenvalue weighted by atomic mass is 127. The molecule has 1 aliphatic rings. The van der Waals surface area contributed by atoms with Crippen molar-refractivity contribution < 1.29 is 23.5 Å². The number of carbonyl (C=O) groups excluding carboxylic acids is 3. The van der Waals surface area contributed by atoms with Crippen LogP contribution in [0.1, 0.15) is 12.7 Å². The molecule has 1 aromatic carbocycles. The average Bonchev–Trinajstić information content (AvgIpc) is 2.98. The molecule has 4 amide bonds. The lowest BCUT2D eigenvalue weighted by Gasteiger charge is -2.26. The quantitative estimate of drug-likeness (QED) is 0.438. The lowest BCUT2D eigenvalue weighted by molar-refractivity contribution is -0.122. The van der Waals surface area contributed by atoms with Gasteiger partial charge in [0.15, 0.2) is 3.77 Å². The lowest BCUT2D eigenvalue weighted by Crippen LogP contribution is -2.54. The maximum absolute atomic E-state index is 12.7. The van der Waals surface area contributed by atoms with Gasteiger partial charge in [0.25, 0.3) is 11.8 Å². The Hall–Kier alpha value is -2.62. The molecule has 0 saturated carbocycles. The molecule has 128 valence electrons. The third-order valence-corrected chi connectivity index (χ3v) is 3.97.